The molecule has 8 nitrogen and oxygen atoms in total. The fourth-order valence-electron chi connectivity index (χ4n) is 3.19. The van der Waals surface area contributed by atoms with Gasteiger partial charge in [-0.1, -0.05) is 30.3 Å². The largest absolute Gasteiger partial charge is 0.459 e. The molecule has 0 fully saturated rings. The molecule has 0 saturated heterocycles. The van der Waals surface area contributed by atoms with Crippen LogP contribution < -0.4 is 16.2 Å². The van der Waals surface area contributed by atoms with E-state index in [1.807, 2.05) is 0 Å². The third-order valence-corrected chi connectivity index (χ3v) is 4.85. The lowest BCUT2D eigenvalue weighted by atomic mass is 10.1. The Bertz CT molecular complexity index is 1410. The topological polar surface area (TPSA) is 106 Å². The summed E-state index contributed by atoms with van der Waals surface area (Å²) in [6.45, 7) is 0.0820. The first kappa shape index (κ1) is 23.5. The van der Waals surface area contributed by atoms with E-state index in [1.54, 1.807) is 30.3 Å². The van der Waals surface area contributed by atoms with Crippen LogP contribution in [-0.4, -0.2) is 21.6 Å². The average molecular weight is 482 g/mol. The Kier molecular flexibility index (Phi) is 6.49. The van der Waals surface area contributed by atoms with E-state index >= 15 is 0 Å². The molecule has 4 rings (SSSR count). The summed E-state index contributed by atoms with van der Waals surface area (Å²) in [6.07, 6.45) is -3.58. The number of alkyl halides is 3. The van der Waals surface area contributed by atoms with Crippen LogP contribution in [0.15, 0.2) is 88.3 Å². The van der Waals surface area contributed by atoms with E-state index in [0.717, 1.165) is 28.4 Å². The average Bonchev–Trinajstić information content (AvgIpc) is 3.37. The van der Waals surface area contributed by atoms with Crippen LogP contribution in [0.4, 0.5) is 24.5 Å². The van der Waals surface area contributed by atoms with E-state index in [-0.39, 0.29) is 23.7 Å². The minimum atomic E-state index is -4.84. The predicted molar refractivity (Wildman–Crippen MR) is 120 cm³/mol. The van der Waals surface area contributed by atoms with Gasteiger partial charge < -0.3 is 15.1 Å². The Labute approximate surface area is 196 Å². The molecular formula is C24H17F3N4O4. The zero-order valence-corrected chi connectivity index (χ0v) is 17.9. The Morgan fingerprint density at radius 3 is 2.37 bits per heavy atom. The zero-order valence-electron chi connectivity index (χ0n) is 17.9. The van der Waals surface area contributed by atoms with E-state index in [4.69, 9.17) is 4.42 Å². The molecule has 4 aromatic rings. The molecule has 0 saturated carbocycles. The number of nitrogens with zero attached hydrogens (tertiary/aromatic N) is 2. The number of amides is 2. The molecule has 0 spiro atoms. The standard InChI is InChI=1S/C24H17F3N4O4/c25-24(26,27)17-13-16(28-23(34)20-7-4-12-35-20)8-9-18(17)29-22(33)19-10-11-21(32)31(30-19)14-15-5-2-1-3-6-15/h1-13H,14H2,(H,28,34)(H,29,33). The smallest absolute Gasteiger partial charge is 0.418 e. The van der Waals surface area contributed by atoms with Crippen LogP contribution in [0.3, 0.4) is 0 Å². The fourth-order valence-corrected chi connectivity index (χ4v) is 3.19. The quantitative estimate of drug-likeness (QED) is 0.424. The molecule has 0 unspecified atom stereocenters. The monoisotopic (exact) mass is 482 g/mol. The molecule has 2 aromatic heterocycles. The van der Waals surface area contributed by atoms with Crippen molar-refractivity contribution in [3.63, 3.8) is 0 Å². The molecule has 0 bridgehead atoms. The summed E-state index contributed by atoms with van der Waals surface area (Å²) in [7, 11) is 0. The Morgan fingerprint density at radius 1 is 0.914 bits per heavy atom. The highest BCUT2D eigenvalue weighted by atomic mass is 19.4. The van der Waals surface area contributed by atoms with Crippen molar-refractivity contribution in [1.29, 1.82) is 0 Å². The maximum absolute atomic E-state index is 13.7. The fraction of sp³-hybridized carbons (Fsp3) is 0.0833. The van der Waals surface area contributed by atoms with Crippen molar-refractivity contribution in [2.24, 2.45) is 0 Å². The van der Waals surface area contributed by atoms with Crippen LogP contribution in [0.2, 0.25) is 0 Å². The molecule has 0 atom stereocenters. The van der Waals surface area contributed by atoms with Gasteiger partial charge in [0.25, 0.3) is 17.4 Å². The van der Waals surface area contributed by atoms with Crippen molar-refractivity contribution in [2.75, 3.05) is 10.6 Å². The number of aromatic nitrogens is 2. The predicted octanol–water partition coefficient (Wildman–Crippen LogP) is 4.41. The summed E-state index contributed by atoms with van der Waals surface area (Å²) in [6, 6.07) is 16.9. The first-order valence-corrected chi connectivity index (χ1v) is 10.2. The molecule has 0 aliphatic carbocycles. The van der Waals surface area contributed by atoms with Gasteiger partial charge in [-0.25, -0.2) is 4.68 Å². The number of benzene rings is 2. The minimum Gasteiger partial charge on any atom is -0.459 e. The zero-order chi connectivity index (χ0) is 25.0. The molecule has 2 N–H and O–H groups in total. The van der Waals surface area contributed by atoms with Gasteiger partial charge in [0.15, 0.2) is 5.76 Å². The van der Waals surface area contributed by atoms with Gasteiger partial charge in [-0.05, 0) is 42.0 Å². The SMILES string of the molecule is O=C(Nc1ccc(NC(=O)c2ccco2)cc1C(F)(F)F)c1ccc(=O)n(Cc2ccccc2)n1. The van der Waals surface area contributed by atoms with Crippen molar-refractivity contribution < 1.29 is 27.2 Å². The van der Waals surface area contributed by atoms with Crippen LogP contribution >= 0.6 is 0 Å². The molecular weight excluding hydrogens is 465 g/mol. The Hall–Kier alpha value is -4.67. The Balaban J connectivity index is 1.57. The van der Waals surface area contributed by atoms with Crippen molar-refractivity contribution in [3.05, 3.63) is 112 Å². The molecule has 11 heteroatoms. The number of carbonyl (C=O) groups excluding carboxylic acids is 2. The van der Waals surface area contributed by atoms with Gasteiger partial charge in [-0.3, -0.25) is 14.4 Å². The molecule has 178 valence electrons. The van der Waals surface area contributed by atoms with Crippen LogP contribution in [0.5, 0.6) is 0 Å². The second-order valence-corrected chi connectivity index (χ2v) is 7.34. The number of carbonyl (C=O) groups is 2. The number of anilines is 2. The number of halogens is 3. The van der Waals surface area contributed by atoms with Crippen molar-refractivity contribution in [1.82, 2.24) is 9.78 Å². The molecule has 2 heterocycles. The van der Waals surface area contributed by atoms with Crippen molar-refractivity contribution in [3.8, 4) is 0 Å². The number of hydrogen-bond acceptors (Lipinski definition) is 5. The van der Waals surface area contributed by atoms with E-state index in [2.05, 4.69) is 15.7 Å². The number of furan rings is 1. The third-order valence-electron chi connectivity index (χ3n) is 4.85. The highest BCUT2D eigenvalue weighted by molar-refractivity contribution is 6.04. The maximum atomic E-state index is 13.7. The van der Waals surface area contributed by atoms with Crippen LogP contribution in [0.1, 0.15) is 32.2 Å². The normalized spacial score (nSPS) is 11.2. The summed E-state index contributed by atoms with van der Waals surface area (Å²) in [5, 5.41) is 8.48. The summed E-state index contributed by atoms with van der Waals surface area (Å²) in [5.74, 6) is -1.75. The second-order valence-electron chi connectivity index (χ2n) is 7.34. The van der Waals surface area contributed by atoms with E-state index in [1.165, 1.54) is 24.5 Å². The van der Waals surface area contributed by atoms with Gasteiger partial charge in [0.2, 0.25) is 0 Å². The first-order valence-electron chi connectivity index (χ1n) is 10.2. The van der Waals surface area contributed by atoms with Gasteiger partial charge in [-0.2, -0.15) is 18.3 Å². The van der Waals surface area contributed by atoms with Crippen LogP contribution in [0, 0.1) is 0 Å². The number of hydrogen-bond donors (Lipinski definition) is 2. The third kappa shape index (κ3) is 5.64. The minimum absolute atomic E-state index is 0.0763. The highest BCUT2D eigenvalue weighted by Gasteiger charge is 2.34. The first-order chi connectivity index (χ1) is 16.7. The molecule has 35 heavy (non-hydrogen) atoms. The molecule has 2 amide bonds. The van der Waals surface area contributed by atoms with E-state index < -0.39 is 34.8 Å². The molecule has 0 aliphatic heterocycles. The molecule has 0 aliphatic rings. The number of rotatable bonds is 6. The maximum Gasteiger partial charge on any atom is 0.418 e. The Morgan fingerprint density at radius 2 is 1.69 bits per heavy atom. The van der Waals surface area contributed by atoms with Gasteiger partial charge in [-0.15, -0.1) is 0 Å². The van der Waals surface area contributed by atoms with Gasteiger partial charge >= 0.3 is 6.18 Å². The lowest BCUT2D eigenvalue weighted by molar-refractivity contribution is -0.136. The molecule has 0 radical (unpaired) electrons. The second kappa shape index (κ2) is 9.67. The molecule has 2 aromatic carbocycles. The number of nitrogens with one attached hydrogen (secondary N) is 2. The van der Waals surface area contributed by atoms with E-state index in [9.17, 15) is 27.6 Å². The summed E-state index contributed by atoms with van der Waals surface area (Å²) in [4.78, 5) is 36.9. The summed E-state index contributed by atoms with van der Waals surface area (Å²) in [5.41, 5.74) is -1.83. The van der Waals surface area contributed by atoms with Crippen molar-refractivity contribution in [2.45, 2.75) is 12.7 Å². The van der Waals surface area contributed by atoms with Crippen LogP contribution in [-0.2, 0) is 12.7 Å². The van der Waals surface area contributed by atoms with Gasteiger partial charge in [0.05, 0.1) is 24.1 Å². The van der Waals surface area contributed by atoms with Crippen LogP contribution in [0.25, 0.3) is 0 Å². The van der Waals surface area contributed by atoms with E-state index in [0.29, 0.717) is 6.07 Å². The highest BCUT2D eigenvalue weighted by Crippen LogP contribution is 2.37. The van der Waals surface area contributed by atoms with Gasteiger partial charge in [0.1, 0.15) is 5.69 Å². The lowest BCUT2D eigenvalue weighted by Gasteiger charge is -2.16. The van der Waals surface area contributed by atoms with Crippen molar-refractivity contribution >= 4 is 23.2 Å². The summed E-state index contributed by atoms with van der Waals surface area (Å²) >= 11 is 0. The van der Waals surface area contributed by atoms with Gasteiger partial charge in [0, 0.05) is 11.8 Å². The summed E-state index contributed by atoms with van der Waals surface area (Å²) < 4.78 is 47.1. The lowest BCUT2D eigenvalue weighted by Crippen LogP contribution is -2.27.